The van der Waals surface area contributed by atoms with Crippen molar-refractivity contribution in [1.29, 1.82) is 0 Å². The van der Waals surface area contributed by atoms with E-state index in [1.807, 2.05) is 0 Å². The van der Waals surface area contributed by atoms with E-state index in [2.05, 4.69) is 73.3 Å². The third-order valence-corrected chi connectivity index (χ3v) is 21.6. The fourth-order valence-corrected chi connectivity index (χ4v) is 15.0. The highest BCUT2D eigenvalue weighted by Gasteiger charge is 2.29. The van der Waals surface area contributed by atoms with Gasteiger partial charge in [-0.05, 0) is 108 Å². The first-order valence-corrected chi connectivity index (χ1v) is 39.1. The lowest BCUT2D eigenvalue weighted by molar-refractivity contribution is -0.432. The van der Waals surface area contributed by atoms with E-state index in [4.69, 9.17) is 19.6 Å². The Morgan fingerprint density at radius 2 is 0.782 bits per heavy atom. The van der Waals surface area contributed by atoms with Crippen molar-refractivity contribution in [3.63, 3.8) is 0 Å². The molecule has 43 nitrogen and oxygen atoms in total. The summed E-state index contributed by atoms with van der Waals surface area (Å²) in [5.74, 6) is -5.84. The molecule has 0 aliphatic carbocycles. The van der Waals surface area contributed by atoms with E-state index in [-0.39, 0.29) is 55.4 Å². The van der Waals surface area contributed by atoms with Crippen LogP contribution in [0.3, 0.4) is 0 Å². The number of benzene rings is 8. The first-order valence-electron chi connectivity index (χ1n) is 25.8. The van der Waals surface area contributed by atoms with Crippen molar-refractivity contribution < 1.29 is 153 Å². The van der Waals surface area contributed by atoms with Crippen LogP contribution in [0.5, 0.6) is 23.0 Å². The summed E-state index contributed by atoms with van der Waals surface area (Å²) in [7, 11) is -41.2. The van der Waals surface area contributed by atoms with Gasteiger partial charge in [-0.25, -0.2) is 35.7 Å². The van der Waals surface area contributed by atoms with E-state index in [9.17, 15) is 106 Å². The maximum Gasteiger partial charge on any atom is 0.397 e. The van der Waals surface area contributed by atoms with Gasteiger partial charge in [0, 0.05) is 28.4 Å². The summed E-state index contributed by atoms with van der Waals surface area (Å²) in [6.45, 7) is -2.28. The molecule has 0 aliphatic rings. The lowest BCUT2D eigenvalue weighted by Crippen LogP contribution is -2.16. The van der Waals surface area contributed by atoms with E-state index in [0.717, 1.165) is 30.3 Å². The summed E-state index contributed by atoms with van der Waals surface area (Å²) in [5.41, 5.74) is -5.30. The second-order valence-electron chi connectivity index (χ2n) is 19.3. The summed E-state index contributed by atoms with van der Waals surface area (Å²) in [5, 5.41) is 103. The molecule has 8 aromatic carbocycles. The highest BCUT2D eigenvalue weighted by molar-refractivity contribution is 7.95. The highest BCUT2D eigenvalue weighted by Crippen LogP contribution is 2.51. The second-order valence-corrected chi connectivity index (χ2v) is 32.8. The third-order valence-electron chi connectivity index (χ3n) is 12.7. The molecule has 0 fully saturated rings. The normalized spacial score (nSPS) is 13.3. The van der Waals surface area contributed by atoms with Gasteiger partial charge in [-0.1, -0.05) is 10.1 Å². The largest absolute Gasteiger partial charge is 0.506 e. The Morgan fingerprint density at radius 3 is 1.22 bits per heavy atom. The fourth-order valence-electron chi connectivity index (χ4n) is 8.44. The van der Waals surface area contributed by atoms with E-state index in [1.54, 1.807) is 0 Å². The van der Waals surface area contributed by atoms with E-state index in [0.29, 0.717) is 54.5 Å². The number of aromatic hydroxyl groups is 4. The van der Waals surface area contributed by atoms with Crippen LogP contribution in [0.4, 0.5) is 56.9 Å². The Morgan fingerprint density at radius 1 is 0.376 bits per heavy atom. The molecule has 0 atom stereocenters. The van der Waals surface area contributed by atoms with Crippen molar-refractivity contribution in [1.82, 2.24) is 0 Å². The SMILES string of the molecule is O=S(=O)(O)OCCS(=O)(=O)c1ccc(/N=N/c2c(SOOO)cc3cc(SOOO)cc(/N=N/c4ccc(Nc5ccc(/N=N/c6cc(S(=O)(=O)O)cc7cc(S(=O)(=O)O)c(/N=N/c8ccc(S(=O)(=O)CCOS(=O)(=O)O)cc8S(=O)(=O)O)c(O)c67)c(O)c5)cc4O)c3c2O)c(S(=O)(=O)O)c1. The summed E-state index contributed by atoms with van der Waals surface area (Å²) in [4.78, 5) is -6.90. The van der Waals surface area contributed by atoms with Crippen LogP contribution in [0.25, 0.3) is 21.5 Å². The molecule has 0 aromatic heterocycles. The average Bonchev–Trinajstić information content (AvgIpc) is 0.760. The standard InChI is InChI=1S/C48H39N9O34S10/c58-37-17-25(1-5-31(37)50-54-35-19-27(92-90-88-62)13-23-15-39(93-91-89-63)45(47(60)43(23)35)56-52-33-7-3-28(21-40(33)97(71,72)73)94(64,65)11-9-86-100(80,81)82)49-26-2-6-32(38(59)18-26)51-55-36-20-30(96(68,69)70)14-24-16-42(99(77,78)79)46(48(61)44(24)36)57-53-34-8-4-29(22-41(34)98(74,75)76)95(66,67)12-10-87-101(83,84)85/h1-8,13-22,49,58-63H,9-12H2,(H,68,69,70)(H,71,72,73)(H,74,75,76)(H,77,78,79)(H,80,81,82)(H,83,84,85)/b54-50+,55-51+,56-52+,57-53+. The summed E-state index contributed by atoms with van der Waals surface area (Å²) >= 11 is 0.542. The Balaban J connectivity index is 1.10. The van der Waals surface area contributed by atoms with Crippen LogP contribution < -0.4 is 5.32 Å². The Kier molecular flexibility index (Phi) is 23.6. The molecule has 540 valence electrons. The van der Waals surface area contributed by atoms with Crippen LogP contribution in [-0.2, 0) is 108 Å². The van der Waals surface area contributed by atoms with Gasteiger partial charge in [0.1, 0.15) is 60.3 Å². The molecule has 0 saturated carbocycles. The molecule has 0 unspecified atom stereocenters. The summed E-state index contributed by atoms with van der Waals surface area (Å²) in [6, 6.07) is 15.7. The molecule has 0 aliphatic heterocycles. The molecule has 0 spiro atoms. The third kappa shape index (κ3) is 19.9. The first-order chi connectivity index (χ1) is 46.9. The van der Waals surface area contributed by atoms with E-state index < -0.39 is 203 Å². The minimum Gasteiger partial charge on any atom is -0.506 e. The Hall–Kier alpha value is -8.58. The van der Waals surface area contributed by atoms with Gasteiger partial charge in [-0.3, -0.25) is 27.3 Å². The molecule has 8 rings (SSSR count). The van der Waals surface area contributed by atoms with Gasteiger partial charge in [-0.15, -0.1) is 49.6 Å². The van der Waals surface area contributed by atoms with Crippen LogP contribution >= 0.6 is 24.1 Å². The van der Waals surface area contributed by atoms with Crippen molar-refractivity contribution >= 4 is 183 Å². The molecule has 0 amide bonds. The number of sulfone groups is 2. The van der Waals surface area contributed by atoms with Crippen LogP contribution in [0.1, 0.15) is 0 Å². The predicted octanol–water partition coefficient (Wildman–Crippen LogP) is 9.25. The summed E-state index contributed by atoms with van der Waals surface area (Å²) in [6.07, 6.45) is 0. The number of azo groups is 4. The number of nitrogens with zero attached hydrogens (tertiary/aromatic N) is 8. The van der Waals surface area contributed by atoms with Gasteiger partial charge in [-0.2, -0.15) is 50.5 Å². The molecule has 0 radical (unpaired) electrons. The number of fused-ring (bicyclic) bond motifs is 2. The van der Waals surface area contributed by atoms with Crippen LogP contribution in [0.15, 0.2) is 189 Å². The van der Waals surface area contributed by atoms with Crippen molar-refractivity contribution in [2.24, 2.45) is 40.9 Å². The second kappa shape index (κ2) is 30.5. The van der Waals surface area contributed by atoms with Crippen molar-refractivity contribution in [2.45, 2.75) is 39.2 Å². The van der Waals surface area contributed by atoms with E-state index in [1.165, 1.54) is 36.4 Å². The number of hydrogen-bond donors (Lipinski definition) is 13. The number of nitrogens with one attached hydrogen (secondary N) is 1. The topological polar surface area (TPSA) is 682 Å². The smallest absolute Gasteiger partial charge is 0.397 e. The van der Waals surface area contributed by atoms with Gasteiger partial charge in [0.05, 0.1) is 90.5 Å². The number of phenolic OH excluding ortho intramolecular Hbond substituents is 4. The molecular weight excluding hydrogens is 1570 g/mol. The maximum atomic E-state index is 12.9. The first kappa shape index (κ1) is 78.1. The zero-order chi connectivity index (χ0) is 74.6. The lowest BCUT2D eigenvalue weighted by atomic mass is 10.1. The summed E-state index contributed by atoms with van der Waals surface area (Å²) < 4.78 is 270. The molecule has 0 saturated heterocycles. The van der Waals surface area contributed by atoms with Gasteiger partial charge in [0.25, 0.3) is 40.5 Å². The molecule has 13 N–H and O–H groups in total. The molecule has 53 heteroatoms. The highest BCUT2D eigenvalue weighted by atomic mass is 32.3. The van der Waals surface area contributed by atoms with Crippen molar-refractivity contribution in [3.8, 4) is 23.0 Å². The van der Waals surface area contributed by atoms with Gasteiger partial charge >= 0.3 is 20.8 Å². The molecular formula is C48H39N9O34S10. The molecule has 8 aromatic rings. The monoisotopic (exact) mass is 1600 g/mol. The van der Waals surface area contributed by atoms with Crippen LogP contribution in [-0.4, -0.2) is 150 Å². The number of rotatable bonds is 30. The van der Waals surface area contributed by atoms with Crippen LogP contribution in [0.2, 0.25) is 0 Å². The molecule has 101 heavy (non-hydrogen) atoms. The lowest BCUT2D eigenvalue weighted by Gasteiger charge is -2.12. The van der Waals surface area contributed by atoms with Crippen LogP contribution in [0, 0.1) is 0 Å². The van der Waals surface area contributed by atoms with Gasteiger partial charge in [0.15, 0.2) is 31.2 Å². The van der Waals surface area contributed by atoms with Gasteiger partial charge < -0.3 is 25.7 Å². The average molecular weight is 1610 g/mol. The minimum atomic E-state index is -5.58. The fraction of sp³-hybridized carbons (Fsp3) is 0.0833. The Labute approximate surface area is 574 Å². The number of hydrogen-bond acceptors (Lipinski definition) is 39. The molecule has 0 bridgehead atoms. The van der Waals surface area contributed by atoms with Crippen molar-refractivity contribution in [2.75, 3.05) is 30.0 Å². The maximum absolute atomic E-state index is 12.9. The number of phenols is 4. The Bertz CT molecular complexity index is 5770. The molecule has 0 heterocycles. The predicted molar refractivity (Wildman–Crippen MR) is 340 cm³/mol. The zero-order valence-electron chi connectivity index (χ0n) is 48.7. The van der Waals surface area contributed by atoms with Crippen molar-refractivity contribution in [3.05, 3.63) is 109 Å². The van der Waals surface area contributed by atoms with E-state index >= 15 is 0 Å². The van der Waals surface area contributed by atoms with Gasteiger partial charge in [0.2, 0.25) is 0 Å². The zero-order valence-corrected chi connectivity index (χ0v) is 56.9. The minimum absolute atomic E-state index is 0.0115. The quantitative estimate of drug-likeness (QED) is 0.00655. The number of anilines is 2.